The molecule has 0 aliphatic carbocycles. The van der Waals surface area contributed by atoms with Gasteiger partial charge in [0.05, 0.1) is 5.69 Å². The lowest BCUT2D eigenvalue weighted by molar-refractivity contribution is 0.482. The van der Waals surface area contributed by atoms with Crippen molar-refractivity contribution in [1.29, 1.82) is 0 Å². The fraction of sp³-hybridized carbons (Fsp3) is 0.400. The Morgan fingerprint density at radius 2 is 2.44 bits per heavy atom. The highest BCUT2D eigenvalue weighted by Crippen LogP contribution is 2.22. The van der Waals surface area contributed by atoms with Crippen LogP contribution < -0.4 is 0 Å². The van der Waals surface area contributed by atoms with Gasteiger partial charge in [-0.15, -0.1) is 0 Å². The smallest absolute Gasteiger partial charge is 0.193 e. The lowest BCUT2D eigenvalue weighted by Gasteiger charge is -1.86. The zero-order valence-corrected chi connectivity index (χ0v) is 6.60. The molecule has 1 aromatic heterocycles. The third kappa shape index (κ3) is 1.31. The summed E-state index contributed by atoms with van der Waals surface area (Å²) in [5, 5.41) is 9.37. The van der Waals surface area contributed by atoms with Crippen molar-refractivity contribution in [2.45, 2.75) is 13.3 Å². The summed E-state index contributed by atoms with van der Waals surface area (Å²) in [5.74, 6) is 0. The number of aromatic amines is 1. The number of aromatic hydroxyl groups is 1. The summed E-state index contributed by atoms with van der Waals surface area (Å²) in [6.07, 6.45) is 0.805. The van der Waals surface area contributed by atoms with Gasteiger partial charge in [0.25, 0.3) is 0 Å². The summed E-state index contributed by atoms with van der Waals surface area (Å²) < 4.78 is 0.643. The van der Waals surface area contributed by atoms with E-state index in [1.165, 1.54) is 11.3 Å². The number of H-pyrrole nitrogens is 1. The highest BCUT2D eigenvalue weighted by molar-refractivity contribution is 7.73. The van der Waals surface area contributed by atoms with E-state index in [1.54, 1.807) is 0 Å². The number of hydrogen-bond donors (Lipinski definition) is 2. The second-order valence-corrected chi connectivity index (χ2v) is 3.32. The zero-order chi connectivity index (χ0) is 6.85. The minimum Gasteiger partial charge on any atom is -0.498 e. The van der Waals surface area contributed by atoms with Gasteiger partial charge in [-0.2, -0.15) is 0 Å². The summed E-state index contributed by atoms with van der Waals surface area (Å²) in [5.41, 5.74) is 0.838. The van der Waals surface area contributed by atoms with E-state index >= 15 is 0 Å². The first kappa shape index (κ1) is 6.77. The molecule has 0 aliphatic heterocycles. The maximum atomic E-state index is 9.05. The fourth-order valence-electron chi connectivity index (χ4n) is 0.591. The monoisotopic (exact) mass is 161 g/mol. The van der Waals surface area contributed by atoms with Crippen LogP contribution in [0, 0.1) is 3.95 Å². The van der Waals surface area contributed by atoms with Gasteiger partial charge < -0.3 is 10.1 Å². The van der Waals surface area contributed by atoms with Crippen LogP contribution in [0.3, 0.4) is 0 Å². The molecule has 0 aromatic carbocycles. The number of nitrogens with one attached hydrogen (secondary N) is 1. The van der Waals surface area contributed by atoms with Crippen LogP contribution in [0.1, 0.15) is 12.6 Å². The Kier molecular flexibility index (Phi) is 1.87. The van der Waals surface area contributed by atoms with E-state index in [0.29, 0.717) is 9.02 Å². The number of rotatable bonds is 1. The van der Waals surface area contributed by atoms with Crippen LogP contribution in [0.5, 0.6) is 5.06 Å². The molecule has 0 atom stereocenters. The molecule has 1 rings (SSSR count). The van der Waals surface area contributed by atoms with Crippen LogP contribution in [0.15, 0.2) is 0 Å². The first-order chi connectivity index (χ1) is 4.24. The lowest BCUT2D eigenvalue weighted by Crippen LogP contribution is -1.76. The molecule has 50 valence electrons. The average molecular weight is 161 g/mol. The Bertz CT molecular complexity index is 250. The zero-order valence-electron chi connectivity index (χ0n) is 4.97. The van der Waals surface area contributed by atoms with Crippen LogP contribution in [-0.4, -0.2) is 10.1 Å². The van der Waals surface area contributed by atoms with Crippen molar-refractivity contribution in [2.24, 2.45) is 0 Å². The number of aromatic nitrogens is 1. The molecule has 0 radical (unpaired) electrons. The van der Waals surface area contributed by atoms with Crippen molar-refractivity contribution in [3.63, 3.8) is 0 Å². The van der Waals surface area contributed by atoms with Crippen LogP contribution >= 0.6 is 23.6 Å². The van der Waals surface area contributed by atoms with E-state index in [2.05, 4.69) is 4.98 Å². The van der Waals surface area contributed by atoms with Crippen LogP contribution in [0.2, 0.25) is 0 Å². The second-order valence-electron chi connectivity index (χ2n) is 1.65. The molecule has 0 unspecified atom stereocenters. The second kappa shape index (κ2) is 2.49. The summed E-state index contributed by atoms with van der Waals surface area (Å²) in [7, 11) is 0. The molecular weight excluding hydrogens is 154 g/mol. The highest BCUT2D eigenvalue weighted by atomic mass is 32.1. The molecular formula is C5H7NOS2. The minimum atomic E-state index is 0.322. The van der Waals surface area contributed by atoms with Gasteiger partial charge in [-0.25, -0.2) is 0 Å². The van der Waals surface area contributed by atoms with Crippen LogP contribution in [0.4, 0.5) is 0 Å². The quantitative estimate of drug-likeness (QED) is 0.618. The van der Waals surface area contributed by atoms with Crippen molar-refractivity contribution < 1.29 is 5.11 Å². The van der Waals surface area contributed by atoms with Gasteiger partial charge in [0.2, 0.25) is 0 Å². The van der Waals surface area contributed by atoms with Crippen LogP contribution in [0.25, 0.3) is 0 Å². The lowest BCUT2D eigenvalue weighted by atomic mass is 10.4. The van der Waals surface area contributed by atoms with Gasteiger partial charge >= 0.3 is 0 Å². The molecule has 4 heteroatoms. The van der Waals surface area contributed by atoms with Gasteiger partial charge in [0.15, 0.2) is 9.02 Å². The first-order valence-electron chi connectivity index (χ1n) is 2.65. The Morgan fingerprint density at radius 1 is 1.78 bits per heavy atom. The van der Waals surface area contributed by atoms with Crippen molar-refractivity contribution in [3.8, 4) is 5.06 Å². The maximum absolute atomic E-state index is 9.05. The topological polar surface area (TPSA) is 36.0 Å². The molecule has 0 amide bonds. The van der Waals surface area contributed by atoms with E-state index in [-0.39, 0.29) is 0 Å². The molecule has 0 spiro atoms. The largest absolute Gasteiger partial charge is 0.498 e. The molecule has 2 nitrogen and oxygen atoms in total. The summed E-state index contributed by atoms with van der Waals surface area (Å²) in [6.45, 7) is 1.97. The van der Waals surface area contributed by atoms with Gasteiger partial charge in [-0.1, -0.05) is 18.3 Å². The van der Waals surface area contributed by atoms with Crippen LogP contribution in [-0.2, 0) is 6.42 Å². The molecule has 2 N–H and O–H groups in total. The standard InChI is InChI=1S/C5H7NOS2/c1-2-3-4(7)9-5(8)6-3/h7H,2H2,1H3,(H,6,8). The van der Waals surface area contributed by atoms with Crippen molar-refractivity contribution >= 4 is 23.6 Å². The Labute approximate surface area is 62.2 Å². The van der Waals surface area contributed by atoms with Crippen molar-refractivity contribution in [3.05, 3.63) is 9.65 Å². The number of thiazole rings is 1. The minimum absolute atomic E-state index is 0.322. The van der Waals surface area contributed by atoms with Gasteiger partial charge in [-0.3, -0.25) is 0 Å². The summed E-state index contributed by atoms with van der Waals surface area (Å²) in [4.78, 5) is 2.88. The predicted octanol–water partition coefficient (Wildman–Crippen LogP) is 2.07. The Morgan fingerprint density at radius 3 is 2.67 bits per heavy atom. The summed E-state index contributed by atoms with van der Waals surface area (Å²) in [6, 6.07) is 0. The summed E-state index contributed by atoms with van der Waals surface area (Å²) >= 11 is 6.00. The fourth-order valence-corrected chi connectivity index (χ4v) is 1.62. The average Bonchev–Trinajstić information content (AvgIpc) is 2.10. The van der Waals surface area contributed by atoms with E-state index in [1.807, 2.05) is 6.92 Å². The first-order valence-corrected chi connectivity index (χ1v) is 3.87. The highest BCUT2D eigenvalue weighted by Gasteiger charge is 1.99. The third-order valence-electron chi connectivity index (χ3n) is 1.05. The van der Waals surface area contributed by atoms with Gasteiger partial charge in [-0.05, 0) is 18.6 Å². The van der Waals surface area contributed by atoms with E-state index in [0.717, 1.165) is 12.1 Å². The Balaban J connectivity index is 3.16. The third-order valence-corrected chi connectivity index (χ3v) is 2.13. The molecule has 1 heterocycles. The Hall–Kier alpha value is -0.350. The molecule has 1 aromatic rings. The van der Waals surface area contributed by atoms with E-state index in [9.17, 15) is 0 Å². The SMILES string of the molecule is CCc1[nH]c(=S)sc1O. The van der Waals surface area contributed by atoms with Gasteiger partial charge in [0.1, 0.15) is 0 Å². The van der Waals surface area contributed by atoms with E-state index < -0.39 is 0 Å². The number of aryl methyl sites for hydroxylation is 1. The van der Waals surface area contributed by atoms with Gasteiger partial charge in [0, 0.05) is 0 Å². The van der Waals surface area contributed by atoms with Crippen molar-refractivity contribution in [1.82, 2.24) is 4.98 Å². The molecule has 0 bridgehead atoms. The number of hydrogen-bond acceptors (Lipinski definition) is 3. The molecule has 0 saturated heterocycles. The molecule has 0 aliphatic rings. The maximum Gasteiger partial charge on any atom is 0.193 e. The predicted molar refractivity (Wildman–Crippen MR) is 40.5 cm³/mol. The van der Waals surface area contributed by atoms with E-state index in [4.69, 9.17) is 17.3 Å². The van der Waals surface area contributed by atoms with Crippen molar-refractivity contribution in [2.75, 3.05) is 0 Å². The molecule has 0 saturated carbocycles. The molecule has 9 heavy (non-hydrogen) atoms. The molecule has 0 fully saturated rings. The normalized spacial score (nSPS) is 9.89.